The van der Waals surface area contributed by atoms with Gasteiger partial charge in [0.2, 0.25) is 0 Å². The molecule has 1 aromatic heterocycles. The molecule has 1 aromatic rings. The van der Waals surface area contributed by atoms with Crippen molar-refractivity contribution in [3.8, 4) is 0 Å². The maximum atomic E-state index is 5.92. The highest BCUT2D eigenvalue weighted by Gasteiger charge is 2.11. The van der Waals surface area contributed by atoms with Gasteiger partial charge in [0.25, 0.3) is 0 Å². The number of nitrogens with two attached hydrogens (primary N) is 1. The second-order valence-corrected chi connectivity index (χ2v) is 3.63. The van der Waals surface area contributed by atoms with E-state index in [9.17, 15) is 0 Å². The molecule has 1 aliphatic heterocycles. The molecule has 74 valence electrons. The highest BCUT2D eigenvalue weighted by Crippen LogP contribution is 2.22. The molecule has 0 atom stereocenters. The number of hydrogen-bond acceptors (Lipinski definition) is 3. The lowest BCUT2D eigenvalue weighted by Gasteiger charge is -2.25. The molecule has 0 saturated carbocycles. The fraction of sp³-hybridized carbons (Fsp3) is 0.364. The van der Waals surface area contributed by atoms with E-state index in [1.807, 2.05) is 19.2 Å². The zero-order chi connectivity index (χ0) is 9.97. The molecule has 1 aliphatic rings. The summed E-state index contributed by atoms with van der Waals surface area (Å²) < 4.78 is 0. The number of anilines is 2. The van der Waals surface area contributed by atoms with Crippen LogP contribution in [0.2, 0.25) is 0 Å². The van der Waals surface area contributed by atoms with Crippen LogP contribution in [0.25, 0.3) is 0 Å². The third kappa shape index (κ3) is 1.71. The minimum Gasteiger partial charge on any atom is -0.396 e. The van der Waals surface area contributed by atoms with Crippen LogP contribution in [0.15, 0.2) is 24.4 Å². The molecule has 14 heavy (non-hydrogen) atoms. The first-order valence-electron chi connectivity index (χ1n) is 4.89. The molecule has 3 heteroatoms. The Morgan fingerprint density at radius 3 is 2.93 bits per heavy atom. The number of aryl methyl sites for hydroxylation is 1. The summed E-state index contributed by atoms with van der Waals surface area (Å²) in [4.78, 5) is 6.57. The van der Waals surface area contributed by atoms with Crippen molar-refractivity contribution in [2.24, 2.45) is 0 Å². The zero-order valence-electron chi connectivity index (χ0n) is 8.40. The Labute approximate surface area is 84.2 Å². The molecule has 2 rings (SSSR count). The first kappa shape index (κ1) is 9.06. The van der Waals surface area contributed by atoms with Crippen LogP contribution in [0.1, 0.15) is 12.0 Å². The lowest BCUT2D eigenvalue weighted by molar-refractivity contribution is 0.807. The molecule has 0 unspecified atom stereocenters. The Balaban J connectivity index is 2.27. The first-order chi connectivity index (χ1) is 6.77. The monoisotopic (exact) mass is 189 g/mol. The molecule has 0 aliphatic carbocycles. The van der Waals surface area contributed by atoms with E-state index in [0.717, 1.165) is 36.6 Å². The maximum Gasteiger partial charge on any atom is 0.152 e. The van der Waals surface area contributed by atoms with Gasteiger partial charge in [0.15, 0.2) is 5.82 Å². The molecule has 3 nitrogen and oxygen atoms in total. The fourth-order valence-electron chi connectivity index (χ4n) is 1.68. The number of rotatable bonds is 1. The molecule has 2 heterocycles. The predicted octanol–water partition coefficient (Wildman–Crippen LogP) is 1.74. The van der Waals surface area contributed by atoms with E-state index in [1.54, 1.807) is 0 Å². The number of hydrogen-bond donors (Lipinski definition) is 1. The fourth-order valence-corrected chi connectivity index (χ4v) is 1.68. The number of nitrogen functional groups attached to an aromatic ring is 1. The summed E-state index contributed by atoms with van der Waals surface area (Å²) in [5, 5.41) is 0. The lowest BCUT2D eigenvalue weighted by atomic mass is 10.2. The molecule has 0 bridgehead atoms. The highest BCUT2D eigenvalue weighted by atomic mass is 15.2. The van der Waals surface area contributed by atoms with Gasteiger partial charge in [-0.3, -0.25) is 0 Å². The van der Waals surface area contributed by atoms with Crippen molar-refractivity contribution in [1.82, 2.24) is 4.98 Å². The van der Waals surface area contributed by atoms with Crippen molar-refractivity contribution in [2.75, 3.05) is 23.7 Å². The summed E-state index contributed by atoms with van der Waals surface area (Å²) in [5.41, 5.74) is 7.81. The number of nitrogens with zero attached hydrogens (tertiary/aromatic N) is 2. The predicted molar refractivity (Wildman–Crippen MR) is 59.4 cm³/mol. The molecule has 0 aromatic carbocycles. The third-order valence-electron chi connectivity index (χ3n) is 2.39. The average molecular weight is 189 g/mol. The van der Waals surface area contributed by atoms with Gasteiger partial charge >= 0.3 is 0 Å². The van der Waals surface area contributed by atoms with Gasteiger partial charge in [0, 0.05) is 19.3 Å². The van der Waals surface area contributed by atoms with E-state index in [0.29, 0.717) is 0 Å². The van der Waals surface area contributed by atoms with Gasteiger partial charge < -0.3 is 10.6 Å². The van der Waals surface area contributed by atoms with Gasteiger partial charge in [-0.1, -0.05) is 12.2 Å². The van der Waals surface area contributed by atoms with Gasteiger partial charge in [0.05, 0.1) is 5.69 Å². The number of pyridine rings is 1. The molecular weight excluding hydrogens is 174 g/mol. The molecule has 2 N–H and O–H groups in total. The average Bonchev–Trinajstić information content (AvgIpc) is 2.19. The van der Waals surface area contributed by atoms with Crippen LogP contribution in [-0.4, -0.2) is 18.1 Å². The van der Waals surface area contributed by atoms with Crippen LogP contribution < -0.4 is 10.6 Å². The van der Waals surface area contributed by atoms with Crippen LogP contribution in [0.4, 0.5) is 11.5 Å². The van der Waals surface area contributed by atoms with Gasteiger partial charge in [-0.05, 0) is 25.0 Å². The zero-order valence-corrected chi connectivity index (χ0v) is 8.40. The van der Waals surface area contributed by atoms with Crippen molar-refractivity contribution in [3.05, 3.63) is 30.0 Å². The largest absolute Gasteiger partial charge is 0.396 e. The Bertz CT molecular complexity index is 358. The van der Waals surface area contributed by atoms with E-state index in [-0.39, 0.29) is 0 Å². The Morgan fingerprint density at radius 1 is 1.43 bits per heavy atom. The quantitative estimate of drug-likeness (QED) is 0.684. The van der Waals surface area contributed by atoms with E-state index >= 15 is 0 Å². The topological polar surface area (TPSA) is 42.2 Å². The standard InChI is InChI=1S/C11H15N3/c1-9-7-10(12)11(13-8-9)14-5-3-2-4-6-14/h2-3,7-8H,4-6,12H2,1H3. The maximum absolute atomic E-state index is 5.92. The van der Waals surface area contributed by atoms with E-state index in [4.69, 9.17) is 5.73 Å². The molecule has 0 fully saturated rings. The minimum absolute atomic E-state index is 0.778. The van der Waals surface area contributed by atoms with Gasteiger partial charge in [-0.15, -0.1) is 0 Å². The second kappa shape index (κ2) is 3.70. The summed E-state index contributed by atoms with van der Waals surface area (Å²) in [5.74, 6) is 0.917. The molecule has 0 saturated heterocycles. The number of aromatic nitrogens is 1. The first-order valence-corrected chi connectivity index (χ1v) is 4.89. The van der Waals surface area contributed by atoms with Crippen LogP contribution in [0.3, 0.4) is 0 Å². The normalized spacial score (nSPS) is 15.9. The molecule has 0 spiro atoms. The van der Waals surface area contributed by atoms with E-state index in [2.05, 4.69) is 22.0 Å². The van der Waals surface area contributed by atoms with Crippen molar-refractivity contribution in [2.45, 2.75) is 13.3 Å². The summed E-state index contributed by atoms with van der Waals surface area (Å²) in [7, 11) is 0. The molecule has 0 radical (unpaired) electrons. The third-order valence-corrected chi connectivity index (χ3v) is 2.39. The molecular formula is C11H15N3. The summed E-state index contributed by atoms with van der Waals surface area (Å²) in [6.45, 7) is 3.93. The van der Waals surface area contributed by atoms with Crippen molar-refractivity contribution < 1.29 is 0 Å². The smallest absolute Gasteiger partial charge is 0.152 e. The van der Waals surface area contributed by atoms with Gasteiger partial charge in [-0.2, -0.15) is 0 Å². The van der Waals surface area contributed by atoms with Crippen LogP contribution >= 0.6 is 0 Å². The van der Waals surface area contributed by atoms with E-state index in [1.165, 1.54) is 0 Å². The Hall–Kier alpha value is -1.51. The van der Waals surface area contributed by atoms with Crippen LogP contribution in [0.5, 0.6) is 0 Å². The highest BCUT2D eigenvalue weighted by molar-refractivity contribution is 5.63. The minimum atomic E-state index is 0.778. The van der Waals surface area contributed by atoms with Gasteiger partial charge in [-0.25, -0.2) is 4.98 Å². The van der Waals surface area contributed by atoms with Crippen molar-refractivity contribution in [3.63, 3.8) is 0 Å². The summed E-state index contributed by atoms with van der Waals surface area (Å²) in [6, 6.07) is 1.97. The van der Waals surface area contributed by atoms with Crippen LogP contribution in [-0.2, 0) is 0 Å². The van der Waals surface area contributed by atoms with Crippen molar-refractivity contribution >= 4 is 11.5 Å². The Kier molecular flexibility index (Phi) is 2.39. The van der Waals surface area contributed by atoms with Crippen LogP contribution in [0, 0.1) is 6.92 Å². The molecule has 0 amide bonds. The summed E-state index contributed by atoms with van der Waals surface area (Å²) in [6.07, 6.45) is 7.30. The Morgan fingerprint density at radius 2 is 2.29 bits per heavy atom. The van der Waals surface area contributed by atoms with E-state index < -0.39 is 0 Å². The SMILES string of the molecule is Cc1cnc(N2CC=CCC2)c(N)c1. The lowest BCUT2D eigenvalue weighted by Crippen LogP contribution is -2.28. The summed E-state index contributed by atoms with van der Waals surface area (Å²) >= 11 is 0. The van der Waals surface area contributed by atoms with Gasteiger partial charge in [0.1, 0.15) is 0 Å². The van der Waals surface area contributed by atoms with Crippen molar-refractivity contribution in [1.29, 1.82) is 0 Å². The second-order valence-electron chi connectivity index (χ2n) is 3.63.